The molecule has 1 saturated carbocycles. The first kappa shape index (κ1) is 17.9. The third kappa shape index (κ3) is 4.64. The normalized spacial score (nSPS) is 13.5. The molecule has 0 unspecified atom stereocenters. The number of carbonyl (C=O) groups excluding carboxylic acids is 2. The van der Waals surface area contributed by atoms with Crippen molar-refractivity contribution in [2.24, 2.45) is 5.92 Å². The molecular weight excluding hydrogens is 382 g/mol. The molecule has 1 N–H and O–H groups in total. The molecule has 3 aromatic rings. The quantitative estimate of drug-likeness (QED) is 0.623. The molecule has 6 nitrogen and oxygen atoms in total. The number of hydrogen-bond acceptors (Lipinski definition) is 6. The van der Waals surface area contributed by atoms with Gasteiger partial charge >= 0.3 is 0 Å². The number of rotatable bonds is 8. The molecule has 3 aromatic heterocycles. The number of thiophene rings is 2. The Kier molecular flexibility index (Phi) is 5.35. The molecule has 0 spiro atoms. The van der Waals surface area contributed by atoms with E-state index in [1.807, 2.05) is 35.0 Å². The van der Waals surface area contributed by atoms with Gasteiger partial charge in [0, 0.05) is 17.5 Å². The van der Waals surface area contributed by atoms with Crippen LogP contribution in [-0.2, 0) is 13.1 Å². The van der Waals surface area contributed by atoms with Crippen LogP contribution in [0.4, 0.5) is 0 Å². The summed E-state index contributed by atoms with van der Waals surface area (Å²) in [6.45, 7) is 1.43. The lowest BCUT2D eigenvalue weighted by Gasteiger charge is -2.20. The van der Waals surface area contributed by atoms with Gasteiger partial charge in [0.1, 0.15) is 0 Å². The standard InChI is InChI=1S/C19H19N3O3S2/c23-18(20-10-13-5-6-13)16-9-14(25-21-16)11-22(12-15-3-1-7-26-15)19(24)17-4-2-8-27-17/h1-4,7-9,13H,5-6,10-12H2,(H,20,23). The molecule has 3 heterocycles. The third-order valence-corrected chi connectivity index (χ3v) is 6.05. The molecule has 140 valence electrons. The summed E-state index contributed by atoms with van der Waals surface area (Å²) in [6, 6.07) is 9.25. The van der Waals surface area contributed by atoms with Crippen LogP contribution in [0.15, 0.2) is 45.6 Å². The van der Waals surface area contributed by atoms with Gasteiger partial charge in [-0.1, -0.05) is 17.3 Å². The van der Waals surface area contributed by atoms with E-state index in [-0.39, 0.29) is 24.1 Å². The van der Waals surface area contributed by atoms with E-state index in [0.717, 1.165) is 4.88 Å². The molecule has 4 rings (SSSR count). The fraction of sp³-hybridized carbons (Fsp3) is 0.316. The van der Waals surface area contributed by atoms with Crippen molar-refractivity contribution >= 4 is 34.5 Å². The molecular formula is C19H19N3O3S2. The number of carbonyl (C=O) groups is 2. The molecule has 0 radical (unpaired) electrons. The molecule has 0 aliphatic heterocycles. The Hall–Kier alpha value is -2.45. The molecule has 1 aliphatic carbocycles. The van der Waals surface area contributed by atoms with Crippen molar-refractivity contribution in [3.8, 4) is 0 Å². The second-order valence-corrected chi connectivity index (χ2v) is 8.53. The Bertz CT molecular complexity index is 899. The van der Waals surface area contributed by atoms with E-state index in [2.05, 4.69) is 10.5 Å². The van der Waals surface area contributed by atoms with Crippen molar-refractivity contribution in [2.75, 3.05) is 6.54 Å². The summed E-state index contributed by atoms with van der Waals surface area (Å²) >= 11 is 3.01. The van der Waals surface area contributed by atoms with Gasteiger partial charge in [-0.2, -0.15) is 0 Å². The highest BCUT2D eigenvalue weighted by Crippen LogP contribution is 2.27. The summed E-state index contributed by atoms with van der Waals surface area (Å²) < 4.78 is 5.33. The van der Waals surface area contributed by atoms with Gasteiger partial charge in [-0.25, -0.2) is 0 Å². The van der Waals surface area contributed by atoms with Gasteiger partial charge in [0.2, 0.25) is 0 Å². The molecule has 1 fully saturated rings. The zero-order chi connectivity index (χ0) is 18.6. The Labute approximate surface area is 164 Å². The average Bonchev–Trinajstić information content (AvgIpc) is 3.13. The van der Waals surface area contributed by atoms with Crippen LogP contribution in [0.25, 0.3) is 0 Å². The lowest BCUT2D eigenvalue weighted by Crippen LogP contribution is -2.29. The minimum Gasteiger partial charge on any atom is -0.359 e. The Morgan fingerprint density at radius 3 is 2.70 bits per heavy atom. The minimum atomic E-state index is -0.230. The molecule has 8 heteroatoms. The van der Waals surface area contributed by atoms with Crippen LogP contribution in [0.1, 0.15) is 43.6 Å². The second-order valence-electron chi connectivity index (χ2n) is 6.55. The zero-order valence-electron chi connectivity index (χ0n) is 14.6. The van der Waals surface area contributed by atoms with Crippen LogP contribution in [0.2, 0.25) is 0 Å². The van der Waals surface area contributed by atoms with Crippen LogP contribution in [0.3, 0.4) is 0 Å². The van der Waals surface area contributed by atoms with Gasteiger partial charge in [-0.15, -0.1) is 22.7 Å². The molecule has 27 heavy (non-hydrogen) atoms. The predicted octanol–water partition coefficient (Wildman–Crippen LogP) is 3.78. The molecule has 0 aromatic carbocycles. The zero-order valence-corrected chi connectivity index (χ0v) is 16.2. The maximum absolute atomic E-state index is 12.9. The summed E-state index contributed by atoms with van der Waals surface area (Å²) in [5.74, 6) is 0.805. The lowest BCUT2D eigenvalue weighted by molar-refractivity contribution is 0.0719. The third-order valence-electron chi connectivity index (χ3n) is 4.33. The molecule has 2 amide bonds. The lowest BCUT2D eigenvalue weighted by atomic mass is 10.3. The smallest absolute Gasteiger partial charge is 0.273 e. The second kappa shape index (κ2) is 8.06. The van der Waals surface area contributed by atoms with Gasteiger partial charge in [-0.3, -0.25) is 9.59 Å². The summed E-state index contributed by atoms with van der Waals surface area (Å²) in [7, 11) is 0. The maximum Gasteiger partial charge on any atom is 0.273 e. The van der Waals surface area contributed by atoms with Crippen LogP contribution >= 0.6 is 22.7 Å². The van der Waals surface area contributed by atoms with E-state index in [0.29, 0.717) is 29.6 Å². The van der Waals surface area contributed by atoms with Gasteiger partial charge in [0.15, 0.2) is 11.5 Å². The van der Waals surface area contributed by atoms with Crippen molar-refractivity contribution in [3.05, 3.63) is 62.3 Å². The Balaban J connectivity index is 1.45. The first-order valence-electron chi connectivity index (χ1n) is 8.78. The largest absolute Gasteiger partial charge is 0.359 e. The first-order valence-corrected chi connectivity index (χ1v) is 10.5. The van der Waals surface area contributed by atoms with E-state index in [9.17, 15) is 9.59 Å². The minimum absolute atomic E-state index is 0.0606. The first-order chi connectivity index (χ1) is 13.2. The van der Waals surface area contributed by atoms with Crippen LogP contribution in [-0.4, -0.2) is 28.4 Å². The number of nitrogens with one attached hydrogen (secondary N) is 1. The van der Waals surface area contributed by atoms with Gasteiger partial charge in [0.25, 0.3) is 11.8 Å². The highest BCUT2D eigenvalue weighted by molar-refractivity contribution is 7.12. The van der Waals surface area contributed by atoms with Crippen molar-refractivity contribution in [1.29, 1.82) is 0 Å². The maximum atomic E-state index is 12.9. The van der Waals surface area contributed by atoms with Crippen LogP contribution < -0.4 is 5.32 Å². The number of nitrogens with zero attached hydrogens (tertiary/aromatic N) is 2. The van der Waals surface area contributed by atoms with Crippen LogP contribution in [0, 0.1) is 5.92 Å². The summed E-state index contributed by atoms with van der Waals surface area (Å²) in [6.07, 6.45) is 2.35. The molecule has 1 aliphatic rings. The van der Waals surface area contributed by atoms with Gasteiger partial charge < -0.3 is 14.7 Å². The summed E-state index contributed by atoms with van der Waals surface area (Å²) in [5.41, 5.74) is 0.255. The van der Waals surface area contributed by atoms with E-state index in [1.165, 1.54) is 24.2 Å². The Morgan fingerprint density at radius 2 is 2.00 bits per heavy atom. The van der Waals surface area contributed by atoms with Crippen molar-refractivity contribution in [3.63, 3.8) is 0 Å². The number of amides is 2. The van der Waals surface area contributed by atoms with Crippen molar-refractivity contribution < 1.29 is 14.1 Å². The highest BCUT2D eigenvalue weighted by atomic mass is 32.1. The molecule has 0 atom stereocenters. The highest BCUT2D eigenvalue weighted by Gasteiger charge is 2.24. The fourth-order valence-electron chi connectivity index (χ4n) is 2.68. The molecule has 0 bridgehead atoms. The van der Waals surface area contributed by atoms with E-state index in [1.54, 1.807) is 22.3 Å². The topological polar surface area (TPSA) is 75.4 Å². The Morgan fingerprint density at radius 1 is 1.19 bits per heavy atom. The number of hydrogen-bond donors (Lipinski definition) is 1. The van der Waals surface area contributed by atoms with Crippen molar-refractivity contribution in [2.45, 2.75) is 25.9 Å². The number of aromatic nitrogens is 1. The monoisotopic (exact) mass is 401 g/mol. The average molecular weight is 402 g/mol. The SMILES string of the molecule is O=C(NCC1CC1)c1cc(CN(Cc2cccs2)C(=O)c2cccs2)on1. The van der Waals surface area contributed by atoms with Gasteiger partial charge in [-0.05, 0) is 41.7 Å². The van der Waals surface area contributed by atoms with E-state index < -0.39 is 0 Å². The fourth-order valence-corrected chi connectivity index (χ4v) is 4.09. The van der Waals surface area contributed by atoms with Gasteiger partial charge in [0.05, 0.1) is 18.0 Å². The predicted molar refractivity (Wildman–Crippen MR) is 104 cm³/mol. The van der Waals surface area contributed by atoms with Crippen molar-refractivity contribution in [1.82, 2.24) is 15.4 Å². The summed E-state index contributed by atoms with van der Waals surface area (Å²) in [4.78, 5) is 28.5. The van der Waals surface area contributed by atoms with E-state index in [4.69, 9.17) is 4.52 Å². The molecule has 0 saturated heterocycles. The summed E-state index contributed by atoms with van der Waals surface area (Å²) in [5, 5.41) is 10.6. The van der Waals surface area contributed by atoms with E-state index >= 15 is 0 Å². The van der Waals surface area contributed by atoms with Crippen LogP contribution in [0.5, 0.6) is 0 Å².